The fourth-order valence-corrected chi connectivity index (χ4v) is 6.28. The third kappa shape index (κ3) is 6.03. The molecule has 3 saturated heterocycles. The summed E-state index contributed by atoms with van der Waals surface area (Å²) in [5.74, 6) is 3.13. The minimum absolute atomic E-state index is 0.115. The second-order valence-electron chi connectivity index (χ2n) is 11.6. The number of aromatic nitrogens is 3. The maximum atomic E-state index is 13.7. The van der Waals surface area contributed by atoms with Crippen LogP contribution in [0.2, 0.25) is 0 Å². The lowest BCUT2D eigenvalue weighted by Gasteiger charge is -2.24. The quantitative estimate of drug-likeness (QED) is 0.571. The van der Waals surface area contributed by atoms with Gasteiger partial charge in [0, 0.05) is 57.8 Å². The number of likely N-dealkylation sites (tertiary alicyclic amines) is 2. The molecule has 0 spiro atoms. The van der Waals surface area contributed by atoms with Gasteiger partial charge in [-0.25, -0.2) is 0 Å². The molecule has 4 fully saturated rings. The molecule has 38 heavy (non-hydrogen) atoms. The second kappa shape index (κ2) is 11.4. The van der Waals surface area contributed by atoms with Gasteiger partial charge in [-0.3, -0.25) is 9.59 Å². The number of aryl methyl sites for hydroxylation is 1. The van der Waals surface area contributed by atoms with E-state index in [9.17, 15) is 9.59 Å². The molecule has 1 aromatic heterocycles. The Bertz CT molecular complexity index is 1100. The van der Waals surface area contributed by atoms with E-state index in [1.165, 1.54) is 18.4 Å². The summed E-state index contributed by atoms with van der Waals surface area (Å²) in [5.41, 5.74) is 2.82. The highest BCUT2D eigenvalue weighted by molar-refractivity contribution is 5.95. The SMILES string of the molecule is O=C(CCc1cn[nH]n1)N1CC2CCN(C(=O)c3cc(OCC4CCOCC4)cc(C4CC4)c3)CCC2C1. The molecule has 1 N–H and O–H groups in total. The zero-order chi connectivity index (χ0) is 25.9. The van der Waals surface area contributed by atoms with Gasteiger partial charge in [0.2, 0.25) is 5.91 Å². The van der Waals surface area contributed by atoms with Crippen LogP contribution >= 0.6 is 0 Å². The van der Waals surface area contributed by atoms with Crippen molar-refractivity contribution in [2.24, 2.45) is 17.8 Å². The first-order valence-electron chi connectivity index (χ1n) is 14.4. The van der Waals surface area contributed by atoms with E-state index in [0.717, 1.165) is 82.1 Å². The number of H-pyrrole nitrogens is 1. The van der Waals surface area contributed by atoms with Crippen LogP contribution in [0.3, 0.4) is 0 Å². The summed E-state index contributed by atoms with van der Waals surface area (Å²) in [6, 6.07) is 6.20. The molecule has 1 aliphatic carbocycles. The van der Waals surface area contributed by atoms with Gasteiger partial charge in [0.1, 0.15) is 5.75 Å². The van der Waals surface area contributed by atoms with E-state index < -0.39 is 0 Å². The van der Waals surface area contributed by atoms with Crippen molar-refractivity contribution in [1.82, 2.24) is 25.2 Å². The van der Waals surface area contributed by atoms with Gasteiger partial charge in [-0.2, -0.15) is 15.4 Å². The maximum absolute atomic E-state index is 13.7. The summed E-state index contributed by atoms with van der Waals surface area (Å²) in [4.78, 5) is 30.5. The number of ether oxygens (including phenoxy) is 2. The van der Waals surface area contributed by atoms with E-state index in [-0.39, 0.29) is 11.8 Å². The number of nitrogens with zero attached hydrogens (tertiary/aromatic N) is 4. The van der Waals surface area contributed by atoms with Gasteiger partial charge < -0.3 is 19.3 Å². The number of hydrogen-bond acceptors (Lipinski definition) is 6. The van der Waals surface area contributed by atoms with Crippen molar-refractivity contribution < 1.29 is 19.1 Å². The molecule has 2 unspecified atom stereocenters. The lowest BCUT2D eigenvalue weighted by atomic mass is 9.92. The number of fused-ring (bicyclic) bond motifs is 1. The number of amides is 2. The van der Waals surface area contributed by atoms with E-state index in [2.05, 4.69) is 27.5 Å². The van der Waals surface area contributed by atoms with Crippen LogP contribution in [0.1, 0.15) is 72.5 Å². The van der Waals surface area contributed by atoms with Crippen LogP contribution in [0.15, 0.2) is 24.4 Å². The Morgan fingerprint density at radius 2 is 1.74 bits per heavy atom. The van der Waals surface area contributed by atoms with Gasteiger partial charge in [-0.1, -0.05) is 0 Å². The Morgan fingerprint density at radius 3 is 2.42 bits per heavy atom. The van der Waals surface area contributed by atoms with Gasteiger partial charge in [0.05, 0.1) is 18.5 Å². The van der Waals surface area contributed by atoms with Gasteiger partial charge >= 0.3 is 0 Å². The lowest BCUT2D eigenvalue weighted by Crippen LogP contribution is -2.34. The molecule has 4 aliphatic rings. The van der Waals surface area contributed by atoms with Gasteiger partial charge in [0.15, 0.2) is 0 Å². The third-order valence-corrected chi connectivity index (χ3v) is 8.87. The first-order chi connectivity index (χ1) is 18.6. The van der Waals surface area contributed by atoms with Crippen LogP contribution < -0.4 is 4.74 Å². The van der Waals surface area contributed by atoms with Crippen molar-refractivity contribution in [2.45, 2.75) is 57.3 Å². The van der Waals surface area contributed by atoms with Crippen LogP contribution in [0, 0.1) is 17.8 Å². The van der Waals surface area contributed by atoms with Gasteiger partial charge in [-0.15, -0.1) is 0 Å². The molecule has 9 heteroatoms. The molecule has 4 heterocycles. The van der Waals surface area contributed by atoms with Crippen molar-refractivity contribution in [1.29, 1.82) is 0 Å². The third-order valence-electron chi connectivity index (χ3n) is 8.87. The first kappa shape index (κ1) is 25.3. The summed E-state index contributed by atoms with van der Waals surface area (Å²) >= 11 is 0. The smallest absolute Gasteiger partial charge is 0.253 e. The Kier molecular flexibility index (Phi) is 7.63. The number of carbonyl (C=O) groups is 2. The molecule has 0 radical (unpaired) electrons. The van der Waals surface area contributed by atoms with E-state index in [4.69, 9.17) is 9.47 Å². The summed E-state index contributed by atoms with van der Waals surface area (Å²) in [6.45, 7) is 5.39. The Morgan fingerprint density at radius 1 is 0.974 bits per heavy atom. The highest BCUT2D eigenvalue weighted by Crippen LogP contribution is 2.42. The standard InChI is InChI=1S/C29H39N5O4/c35-28(4-3-26-16-30-32-31-26)34-17-22-5-9-33(10-6-23(22)18-34)29(36)25-13-24(21-1-2-21)14-27(15-25)38-19-20-7-11-37-12-8-20/h13-16,20-23H,1-12,17-19H2,(H,30,31,32). The molecular formula is C29H39N5O4. The minimum Gasteiger partial charge on any atom is -0.493 e. The topological polar surface area (TPSA) is 101 Å². The lowest BCUT2D eigenvalue weighted by molar-refractivity contribution is -0.130. The fourth-order valence-electron chi connectivity index (χ4n) is 6.28. The second-order valence-corrected chi connectivity index (χ2v) is 11.6. The average molecular weight is 522 g/mol. The number of hydrogen-bond donors (Lipinski definition) is 1. The summed E-state index contributed by atoms with van der Waals surface area (Å²) in [6.07, 6.45) is 9.10. The van der Waals surface area contributed by atoms with Crippen molar-refractivity contribution in [3.05, 3.63) is 41.2 Å². The maximum Gasteiger partial charge on any atom is 0.253 e. The van der Waals surface area contributed by atoms with Crippen LogP contribution in [0.5, 0.6) is 5.75 Å². The van der Waals surface area contributed by atoms with Gasteiger partial charge in [-0.05, 0) is 86.0 Å². The molecule has 204 valence electrons. The highest BCUT2D eigenvalue weighted by atomic mass is 16.5. The van der Waals surface area contributed by atoms with Crippen LogP contribution in [0.25, 0.3) is 0 Å². The molecular weight excluding hydrogens is 482 g/mol. The molecule has 1 aromatic carbocycles. The van der Waals surface area contributed by atoms with E-state index >= 15 is 0 Å². The Labute approximate surface area is 224 Å². The molecule has 0 bridgehead atoms. The number of carbonyl (C=O) groups excluding carboxylic acids is 2. The molecule has 2 atom stereocenters. The zero-order valence-electron chi connectivity index (χ0n) is 22.1. The van der Waals surface area contributed by atoms with E-state index in [1.54, 1.807) is 6.20 Å². The molecule has 9 nitrogen and oxygen atoms in total. The number of aromatic amines is 1. The Balaban J connectivity index is 1.05. The molecule has 3 aliphatic heterocycles. The van der Waals surface area contributed by atoms with Crippen molar-refractivity contribution >= 4 is 11.8 Å². The number of nitrogens with one attached hydrogen (secondary N) is 1. The summed E-state index contributed by atoms with van der Waals surface area (Å²) < 4.78 is 11.7. The number of rotatable bonds is 8. The average Bonchev–Trinajstić information content (AvgIpc) is 3.59. The molecule has 2 aromatic rings. The summed E-state index contributed by atoms with van der Waals surface area (Å²) in [5, 5.41) is 10.5. The van der Waals surface area contributed by atoms with Gasteiger partial charge in [0.25, 0.3) is 5.91 Å². The van der Waals surface area contributed by atoms with Crippen molar-refractivity contribution in [3.8, 4) is 5.75 Å². The predicted octanol–water partition coefficient (Wildman–Crippen LogP) is 3.43. The van der Waals surface area contributed by atoms with Crippen LogP contribution in [-0.2, 0) is 16.0 Å². The molecule has 6 rings (SSSR count). The van der Waals surface area contributed by atoms with E-state index in [0.29, 0.717) is 43.1 Å². The van der Waals surface area contributed by atoms with E-state index in [1.807, 2.05) is 15.9 Å². The van der Waals surface area contributed by atoms with Crippen LogP contribution in [0.4, 0.5) is 0 Å². The number of benzene rings is 1. The monoisotopic (exact) mass is 521 g/mol. The minimum atomic E-state index is 0.115. The molecule has 2 amide bonds. The Hall–Kier alpha value is -2.94. The first-order valence-corrected chi connectivity index (χ1v) is 14.4. The molecule has 1 saturated carbocycles. The van der Waals surface area contributed by atoms with Crippen LogP contribution in [-0.4, -0.2) is 83.0 Å². The summed E-state index contributed by atoms with van der Waals surface area (Å²) in [7, 11) is 0. The largest absolute Gasteiger partial charge is 0.493 e. The van der Waals surface area contributed by atoms with Crippen molar-refractivity contribution in [2.75, 3.05) is 46.0 Å². The highest BCUT2D eigenvalue weighted by Gasteiger charge is 2.37. The zero-order valence-corrected chi connectivity index (χ0v) is 22.1. The fraction of sp³-hybridized carbons (Fsp3) is 0.655. The predicted molar refractivity (Wildman–Crippen MR) is 141 cm³/mol. The van der Waals surface area contributed by atoms with Crippen molar-refractivity contribution in [3.63, 3.8) is 0 Å². The normalized spacial score (nSPS) is 24.2.